The standard InChI is InChI=1S/C18H28O2/c1-2-3-12-4-8-16-13(10-12)5-6-14-11-15(18(19)20)7-9-17(14)16/h2,12-17H,1,3-11H2,(H,19,20). The molecule has 3 fully saturated rings. The van der Waals surface area contributed by atoms with Crippen molar-refractivity contribution in [3.8, 4) is 0 Å². The number of fused-ring (bicyclic) bond motifs is 3. The van der Waals surface area contributed by atoms with Gasteiger partial charge in [0.25, 0.3) is 0 Å². The molecule has 3 aliphatic carbocycles. The third kappa shape index (κ3) is 2.66. The smallest absolute Gasteiger partial charge is 0.306 e. The van der Waals surface area contributed by atoms with Gasteiger partial charge in [-0.3, -0.25) is 4.79 Å². The van der Waals surface area contributed by atoms with Gasteiger partial charge in [-0.1, -0.05) is 6.08 Å². The lowest BCUT2D eigenvalue weighted by atomic mass is 9.55. The van der Waals surface area contributed by atoms with Crippen molar-refractivity contribution in [1.82, 2.24) is 0 Å². The molecule has 0 saturated heterocycles. The zero-order valence-electron chi connectivity index (χ0n) is 12.5. The summed E-state index contributed by atoms with van der Waals surface area (Å²) in [5.74, 6) is 3.66. The molecule has 0 aromatic rings. The number of hydrogen-bond acceptors (Lipinski definition) is 1. The quantitative estimate of drug-likeness (QED) is 0.770. The van der Waals surface area contributed by atoms with Crippen LogP contribution in [-0.4, -0.2) is 11.1 Å². The average molecular weight is 276 g/mol. The fourth-order valence-corrected chi connectivity index (χ4v) is 5.57. The van der Waals surface area contributed by atoms with Crippen LogP contribution in [0.25, 0.3) is 0 Å². The summed E-state index contributed by atoms with van der Waals surface area (Å²) >= 11 is 0. The van der Waals surface area contributed by atoms with Gasteiger partial charge in [-0.2, -0.15) is 0 Å². The molecule has 0 bridgehead atoms. The average Bonchev–Trinajstić information content (AvgIpc) is 2.46. The highest BCUT2D eigenvalue weighted by molar-refractivity contribution is 5.70. The van der Waals surface area contributed by atoms with Crippen LogP contribution in [0.3, 0.4) is 0 Å². The molecule has 3 rings (SSSR count). The molecule has 0 aliphatic heterocycles. The van der Waals surface area contributed by atoms with E-state index in [-0.39, 0.29) is 5.92 Å². The summed E-state index contributed by atoms with van der Waals surface area (Å²) in [7, 11) is 0. The summed E-state index contributed by atoms with van der Waals surface area (Å²) in [5.41, 5.74) is 0. The van der Waals surface area contributed by atoms with Crippen LogP contribution in [-0.2, 0) is 4.79 Å². The van der Waals surface area contributed by atoms with Crippen molar-refractivity contribution in [1.29, 1.82) is 0 Å². The van der Waals surface area contributed by atoms with Crippen LogP contribution < -0.4 is 0 Å². The predicted molar refractivity (Wildman–Crippen MR) is 80.3 cm³/mol. The number of carboxylic acids is 1. The monoisotopic (exact) mass is 276 g/mol. The first kappa shape index (κ1) is 14.2. The molecule has 0 aromatic carbocycles. The van der Waals surface area contributed by atoms with E-state index in [0.717, 1.165) is 36.5 Å². The topological polar surface area (TPSA) is 37.3 Å². The molecule has 0 spiro atoms. The van der Waals surface area contributed by atoms with Gasteiger partial charge in [-0.25, -0.2) is 0 Å². The normalized spacial score (nSPS) is 44.2. The molecule has 0 radical (unpaired) electrons. The lowest BCUT2D eigenvalue weighted by Gasteiger charge is -2.50. The minimum Gasteiger partial charge on any atom is -0.481 e. The fourth-order valence-electron chi connectivity index (χ4n) is 5.57. The molecule has 3 aliphatic rings. The van der Waals surface area contributed by atoms with E-state index >= 15 is 0 Å². The molecule has 0 aromatic heterocycles. The molecule has 3 saturated carbocycles. The Hall–Kier alpha value is -0.790. The number of carbonyl (C=O) groups is 1. The summed E-state index contributed by atoms with van der Waals surface area (Å²) in [6.07, 6.45) is 13.2. The van der Waals surface area contributed by atoms with E-state index in [2.05, 4.69) is 12.7 Å². The fraction of sp³-hybridized carbons (Fsp3) is 0.833. The highest BCUT2D eigenvalue weighted by atomic mass is 16.4. The first-order valence-electron chi connectivity index (χ1n) is 8.52. The molecule has 2 heteroatoms. The lowest BCUT2D eigenvalue weighted by Crippen LogP contribution is -2.42. The van der Waals surface area contributed by atoms with E-state index < -0.39 is 5.97 Å². The van der Waals surface area contributed by atoms with Gasteiger partial charge in [0.2, 0.25) is 0 Å². The highest BCUT2D eigenvalue weighted by Gasteiger charge is 2.45. The molecule has 2 nitrogen and oxygen atoms in total. The van der Waals surface area contributed by atoms with Gasteiger partial charge in [0.1, 0.15) is 0 Å². The molecule has 6 unspecified atom stereocenters. The highest BCUT2D eigenvalue weighted by Crippen LogP contribution is 2.53. The van der Waals surface area contributed by atoms with Gasteiger partial charge in [-0.15, -0.1) is 6.58 Å². The van der Waals surface area contributed by atoms with Crippen LogP contribution in [0.5, 0.6) is 0 Å². The second-order valence-electron chi connectivity index (χ2n) is 7.48. The van der Waals surface area contributed by atoms with Gasteiger partial charge < -0.3 is 5.11 Å². The van der Waals surface area contributed by atoms with Crippen molar-refractivity contribution in [3.05, 3.63) is 12.7 Å². The maximum absolute atomic E-state index is 11.2. The van der Waals surface area contributed by atoms with Gasteiger partial charge >= 0.3 is 5.97 Å². The molecule has 20 heavy (non-hydrogen) atoms. The van der Waals surface area contributed by atoms with Gasteiger partial charge in [0, 0.05) is 0 Å². The number of allylic oxidation sites excluding steroid dienone is 1. The molecule has 112 valence electrons. The Labute approximate surface area is 122 Å². The Morgan fingerprint density at radius 1 is 1.00 bits per heavy atom. The van der Waals surface area contributed by atoms with Crippen LogP contribution in [0.1, 0.15) is 57.8 Å². The summed E-state index contributed by atoms with van der Waals surface area (Å²) in [6, 6.07) is 0. The minimum absolute atomic E-state index is 0.0510. The summed E-state index contributed by atoms with van der Waals surface area (Å²) < 4.78 is 0. The molecule has 0 amide bonds. The van der Waals surface area contributed by atoms with Crippen LogP contribution >= 0.6 is 0 Å². The molecule has 6 atom stereocenters. The number of rotatable bonds is 3. The number of carboxylic acid groups (broad SMARTS) is 1. The van der Waals surface area contributed by atoms with E-state index in [1.807, 2.05) is 0 Å². The van der Waals surface area contributed by atoms with Crippen LogP contribution in [0.15, 0.2) is 12.7 Å². The van der Waals surface area contributed by atoms with Gasteiger partial charge in [0.05, 0.1) is 5.92 Å². The van der Waals surface area contributed by atoms with Crippen molar-refractivity contribution >= 4 is 5.97 Å². The molecule has 1 N–H and O–H groups in total. The third-order valence-electron chi connectivity index (χ3n) is 6.50. The summed E-state index contributed by atoms with van der Waals surface area (Å²) in [4.78, 5) is 11.2. The second-order valence-corrected chi connectivity index (χ2v) is 7.48. The zero-order valence-corrected chi connectivity index (χ0v) is 12.5. The zero-order chi connectivity index (χ0) is 14.1. The molecular weight excluding hydrogens is 248 g/mol. The minimum atomic E-state index is -0.555. The van der Waals surface area contributed by atoms with Crippen molar-refractivity contribution < 1.29 is 9.90 Å². The van der Waals surface area contributed by atoms with Crippen molar-refractivity contribution in [3.63, 3.8) is 0 Å². The van der Waals surface area contributed by atoms with Gasteiger partial charge in [0.15, 0.2) is 0 Å². The number of hydrogen-bond donors (Lipinski definition) is 1. The van der Waals surface area contributed by atoms with Crippen molar-refractivity contribution in [2.75, 3.05) is 0 Å². The van der Waals surface area contributed by atoms with E-state index in [0.29, 0.717) is 5.92 Å². The van der Waals surface area contributed by atoms with Crippen LogP contribution in [0.4, 0.5) is 0 Å². The Bertz CT molecular complexity index is 376. The van der Waals surface area contributed by atoms with Crippen molar-refractivity contribution in [2.45, 2.75) is 57.8 Å². The van der Waals surface area contributed by atoms with E-state index in [1.165, 1.54) is 44.9 Å². The lowest BCUT2D eigenvalue weighted by molar-refractivity contribution is -0.145. The Kier molecular flexibility index (Phi) is 4.18. The van der Waals surface area contributed by atoms with E-state index in [4.69, 9.17) is 0 Å². The van der Waals surface area contributed by atoms with Gasteiger partial charge in [-0.05, 0) is 87.4 Å². The predicted octanol–water partition coefficient (Wildman–Crippen LogP) is 4.51. The first-order chi connectivity index (χ1) is 9.69. The summed E-state index contributed by atoms with van der Waals surface area (Å²) in [6.45, 7) is 3.89. The maximum Gasteiger partial charge on any atom is 0.306 e. The molecular formula is C18H28O2. The number of aliphatic carboxylic acids is 1. The van der Waals surface area contributed by atoms with Crippen LogP contribution in [0, 0.1) is 35.5 Å². The third-order valence-corrected chi connectivity index (χ3v) is 6.50. The first-order valence-corrected chi connectivity index (χ1v) is 8.52. The van der Waals surface area contributed by atoms with Crippen molar-refractivity contribution in [2.24, 2.45) is 35.5 Å². The van der Waals surface area contributed by atoms with E-state index in [1.54, 1.807) is 0 Å². The van der Waals surface area contributed by atoms with Crippen LogP contribution in [0.2, 0.25) is 0 Å². The maximum atomic E-state index is 11.2. The Morgan fingerprint density at radius 3 is 2.30 bits per heavy atom. The second kappa shape index (κ2) is 5.91. The largest absolute Gasteiger partial charge is 0.481 e. The SMILES string of the molecule is C=CCC1CCC2C(CCC3CC(C(=O)O)CCC32)C1. The summed E-state index contributed by atoms with van der Waals surface area (Å²) in [5, 5.41) is 9.25. The Morgan fingerprint density at radius 2 is 1.65 bits per heavy atom. The Balaban J connectivity index is 1.63. The molecule has 0 heterocycles. The van der Waals surface area contributed by atoms with E-state index in [9.17, 15) is 9.90 Å².